The van der Waals surface area contributed by atoms with Crippen molar-refractivity contribution in [3.63, 3.8) is 0 Å². The van der Waals surface area contributed by atoms with Gasteiger partial charge in [-0.25, -0.2) is 4.98 Å². The molecule has 1 heterocycles. The topological polar surface area (TPSA) is 48.1 Å². The summed E-state index contributed by atoms with van der Waals surface area (Å²) < 4.78 is 5.92. The first-order valence-electron chi connectivity index (χ1n) is 10.2. The minimum absolute atomic E-state index is 0.482. The van der Waals surface area contributed by atoms with Gasteiger partial charge in [-0.2, -0.15) is 0 Å². The predicted molar refractivity (Wildman–Crippen MR) is 111 cm³/mol. The van der Waals surface area contributed by atoms with Gasteiger partial charge in [-0.15, -0.1) is 0 Å². The van der Waals surface area contributed by atoms with Gasteiger partial charge in [0, 0.05) is 0 Å². The molecule has 0 radical (unpaired) electrons. The predicted octanol–water partition coefficient (Wildman–Crippen LogP) is 5.71. The largest absolute Gasteiger partial charge is 0.470 e. The maximum absolute atomic E-state index is 6.00. The molecule has 2 aromatic rings. The molecule has 3 rings (SSSR count). The molecule has 1 unspecified atom stereocenters. The summed E-state index contributed by atoms with van der Waals surface area (Å²) in [6.07, 6.45) is 9.34. The first-order chi connectivity index (χ1) is 12.8. The number of ether oxygens (including phenoxy) is 1. The van der Waals surface area contributed by atoms with Gasteiger partial charge >= 0.3 is 0 Å². The van der Waals surface area contributed by atoms with E-state index < -0.39 is 0 Å². The van der Waals surface area contributed by atoms with Crippen molar-refractivity contribution in [2.45, 2.75) is 71.1 Å². The number of aryl methyl sites for hydroxylation is 2. The molecule has 0 aliphatic heterocycles. The molecule has 3 nitrogen and oxygen atoms in total. The second-order valence-corrected chi connectivity index (χ2v) is 8.26. The molecule has 0 saturated carbocycles. The first-order valence-corrected chi connectivity index (χ1v) is 11.0. The van der Waals surface area contributed by atoms with E-state index in [1.54, 1.807) is 11.3 Å². The summed E-state index contributed by atoms with van der Waals surface area (Å²) >= 11 is 1.71. The number of fused-ring (bicyclic) bond motifs is 3. The van der Waals surface area contributed by atoms with Crippen molar-refractivity contribution < 1.29 is 4.74 Å². The molecule has 0 bridgehead atoms. The number of thiazole rings is 1. The third-order valence-corrected chi connectivity index (χ3v) is 6.34. The summed E-state index contributed by atoms with van der Waals surface area (Å²) in [7, 11) is 0. The van der Waals surface area contributed by atoms with Gasteiger partial charge in [0.1, 0.15) is 0 Å². The third-order valence-electron chi connectivity index (χ3n) is 5.30. The van der Waals surface area contributed by atoms with Gasteiger partial charge in [0.15, 0.2) is 0 Å². The number of hydrogen-bond donors (Lipinski definition) is 1. The Morgan fingerprint density at radius 3 is 2.81 bits per heavy atom. The molecule has 0 saturated heterocycles. The normalized spacial score (nSPS) is 14.0. The van der Waals surface area contributed by atoms with Gasteiger partial charge in [-0.05, 0) is 54.8 Å². The number of benzene rings is 1. The number of rotatable bonds is 10. The van der Waals surface area contributed by atoms with Crippen molar-refractivity contribution in [3.8, 4) is 15.6 Å². The molecule has 2 N–H and O–H groups in total. The van der Waals surface area contributed by atoms with Crippen LogP contribution in [0.1, 0.15) is 75.1 Å². The molecular weight excluding hydrogens is 340 g/mol. The maximum atomic E-state index is 6.00. The van der Waals surface area contributed by atoms with Crippen molar-refractivity contribution in [2.75, 3.05) is 13.2 Å². The van der Waals surface area contributed by atoms with E-state index in [1.807, 2.05) is 0 Å². The zero-order valence-corrected chi connectivity index (χ0v) is 17.0. The van der Waals surface area contributed by atoms with Crippen LogP contribution in [0.2, 0.25) is 0 Å². The third kappa shape index (κ3) is 4.47. The Balaban J connectivity index is 1.72. The summed E-state index contributed by atoms with van der Waals surface area (Å²) in [5.41, 5.74) is 11.4. The van der Waals surface area contributed by atoms with Crippen molar-refractivity contribution in [3.05, 3.63) is 35.0 Å². The lowest BCUT2D eigenvalue weighted by molar-refractivity contribution is 0.303. The highest BCUT2D eigenvalue weighted by Gasteiger charge is 2.22. The Bertz CT molecular complexity index is 710. The molecule has 1 atom stereocenters. The average Bonchev–Trinajstić information content (AvgIpc) is 3.09. The number of hydrogen-bond acceptors (Lipinski definition) is 4. The lowest BCUT2D eigenvalue weighted by Gasteiger charge is -2.20. The molecule has 0 amide bonds. The second kappa shape index (κ2) is 9.52. The van der Waals surface area contributed by atoms with Crippen LogP contribution >= 0.6 is 11.3 Å². The standard InChI is InChI=1S/C22H32N2OS/c1-3-5-6-7-13-25-22-24-20-12-10-17-14-16(18(15-23)8-4-2)9-11-19(17)21(20)26-22/h9,11,14,18H,3-8,10,12-13,15,23H2,1-2H3. The van der Waals surface area contributed by atoms with Gasteiger partial charge in [0.05, 0.1) is 17.2 Å². The molecule has 0 fully saturated rings. The van der Waals surface area contributed by atoms with E-state index in [0.717, 1.165) is 44.0 Å². The van der Waals surface area contributed by atoms with Crippen molar-refractivity contribution in [1.82, 2.24) is 4.98 Å². The van der Waals surface area contributed by atoms with E-state index in [0.29, 0.717) is 5.92 Å². The van der Waals surface area contributed by atoms with Crippen LogP contribution in [0, 0.1) is 0 Å². The van der Waals surface area contributed by atoms with Crippen LogP contribution in [0.5, 0.6) is 5.19 Å². The number of nitrogens with zero attached hydrogens (tertiary/aromatic N) is 1. The molecule has 1 aromatic carbocycles. The first kappa shape index (κ1) is 19.4. The molecule has 142 valence electrons. The van der Waals surface area contributed by atoms with Crippen LogP contribution in [-0.4, -0.2) is 18.1 Å². The van der Waals surface area contributed by atoms with Gasteiger partial charge in [-0.3, -0.25) is 0 Å². The summed E-state index contributed by atoms with van der Waals surface area (Å²) in [5, 5.41) is 0.842. The summed E-state index contributed by atoms with van der Waals surface area (Å²) in [5.74, 6) is 0.482. The van der Waals surface area contributed by atoms with Gasteiger partial charge in [0.25, 0.3) is 5.19 Å². The van der Waals surface area contributed by atoms with Crippen LogP contribution in [0.25, 0.3) is 10.4 Å². The van der Waals surface area contributed by atoms with E-state index in [-0.39, 0.29) is 0 Å². The molecule has 4 heteroatoms. The molecule has 1 aromatic heterocycles. The zero-order chi connectivity index (χ0) is 18.4. The fourth-order valence-corrected chi connectivity index (χ4v) is 4.83. The highest BCUT2D eigenvalue weighted by Crippen LogP contribution is 2.41. The summed E-state index contributed by atoms with van der Waals surface area (Å²) in [6, 6.07) is 6.94. The average molecular weight is 373 g/mol. The van der Waals surface area contributed by atoms with E-state index in [1.165, 1.54) is 52.9 Å². The van der Waals surface area contributed by atoms with Gasteiger partial charge < -0.3 is 10.5 Å². The highest BCUT2D eigenvalue weighted by molar-refractivity contribution is 7.17. The fraction of sp³-hybridized carbons (Fsp3) is 0.591. The Morgan fingerprint density at radius 2 is 2.04 bits per heavy atom. The Hall–Kier alpha value is -1.39. The highest BCUT2D eigenvalue weighted by atomic mass is 32.1. The van der Waals surface area contributed by atoms with Crippen LogP contribution in [-0.2, 0) is 12.8 Å². The summed E-state index contributed by atoms with van der Waals surface area (Å²) in [6.45, 7) is 5.98. The van der Waals surface area contributed by atoms with E-state index in [4.69, 9.17) is 15.5 Å². The van der Waals surface area contributed by atoms with Crippen LogP contribution in [0.4, 0.5) is 0 Å². The van der Waals surface area contributed by atoms with Crippen molar-refractivity contribution in [2.24, 2.45) is 5.73 Å². The quantitative estimate of drug-likeness (QED) is 0.543. The number of nitrogens with two attached hydrogens (primary N) is 1. The van der Waals surface area contributed by atoms with E-state index in [2.05, 4.69) is 32.0 Å². The SMILES string of the molecule is CCCCCCOc1nc2c(s1)-c1ccc(C(CN)CCC)cc1CC2. The minimum Gasteiger partial charge on any atom is -0.470 e. The van der Waals surface area contributed by atoms with Crippen molar-refractivity contribution >= 4 is 11.3 Å². The summed E-state index contributed by atoms with van der Waals surface area (Å²) in [4.78, 5) is 6.05. The van der Waals surface area contributed by atoms with E-state index in [9.17, 15) is 0 Å². The molecular formula is C22H32N2OS. The Morgan fingerprint density at radius 1 is 1.15 bits per heavy atom. The molecule has 1 aliphatic carbocycles. The van der Waals surface area contributed by atoms with Gasteiger partial charge in [-0.1, -0.05) is 69.1 Å². The van der Waals surface area contributed by atoms with E-state index >= 15 is 0 Å². The number of unbranched alkanes of at least 4 members (excludes halogenated alkanes) is 3. The lowest BCUT2D eigenvalue weighted by Crippen LogP contribution is -2.13. The van der Waals surface area contributed by atoms with Gasteiger partial charge in [0.2, 0.25) is 0 Å². The van der Waals surface area contributed by atoms with Crippen LogP contribution in [0.15, 0.2) is 18.2 Å². The second-order valence-electron chi connectivity index (χ2n) is 7.30. The van der Waals surface area contributed by atoms with Crippen LogP contribution < -0.4 is 10.5 Å². The smallest absolute Gasteiger partial charge is 0.273 e. The fourth-order valence-electron chi connectivity index (χ4n) is 3.78. The van der Waals surface area contributed by atoms with Crippen molar-refractivity contribution in [1.29, 1.82) is 0 Å². The Kier molecular flexibility index (Phi) is 7.09. The Labute approximate surface area is 162 Å². The molecule has 1 aliphatic rings. The monoisotopic (exact) mass is 372 g/mol. The zero-order valence-electron chi connectivity index (χ0n) is 16.2. The number of aromatic nitrogens is 1. The lowest BCUT2D eigenvalue weighted by atomic mass is 9.87. The van der Waals surface area contributed by atoms with Crippen LogP contribution in [0.3, 0.4) is 0 Å². The minimum atomic E-state index is 0.482. The maximum Gasteiger partial charge on any atom is 0.273 e. The molecule has 0 spiro atoms. The molecule has 26 heavy (non-hydrogen) atoms.